The van der Waals surface area contributed by atoms with Crippen LogP contribution in [0, 0.1) is 0 Å². The van der Waals surface area contributed by atoms with Crippen molar-refractivity contribution in [1.82, 2.24) is 5.32 Å². The molecular weight excluding hydrogens is 238 g/mol. The average Bonchev–Trinajstić information content (AvgIpc) is 2.40. The number of ether oxygens (including phenoxy) is 3. The summed E-state index contributed by atoms with van der Waals surface area (Å²) >= 11 is 0. The number of carbonyl (C=O) groups is 1. The Morgan fingerprint density at radius 1 is 1.44 bits per heavy atom. The molecule has 0 unspecified atom stereocenters. The lowest BCUT2D eigenvalue weighted by Crippen LogP contribution is -2.53. The molecule has 0 amide bonds. The van der Waals surface area contributed by atoms with Gasteiger partial charge in [-0.15, -0.1) is 0 Å². The number of rotatable bonds is 8. The van der Waals surface area contributed by atoms with E-state index in [0.717, 1.165) is 12.8 Å². The summed E-state index contributed by atoms with van der Waals surface area (Å²) in [6.45, 7) is 4.54. The number of carbonyl (C=O) groups excluding carboxylic acids is 1. The van der Waals surface area contributed by atoms with Crippen molar-refractivity contribution in [3.63, 3.8) is 0 Å². The second-order valence-corrected chi connectivity index (χ2v) is 4.34. The van der Waals surface area contributed by atoms with Crippen molar-refractivity contribution in [2.24, 2.45) is 0 Å². The van der Waals surface area contributed by atoms with Gasteiger partial charge in [0.1, 0.15) is 6.61 Å². The number of aliphatic hydroxyl groups excluding tert-OH is 1. The van der Waals surface area contributed by atoms with Gasteiger partial charge in [-0.1, -0.05) is 0 Å². The predicted octanol–water partition coefficient (Wildman–Crippen LogP) is -0.303. The molecule has 0 saturated carbocycles. The minimum absolute atomic E-state index is 0.0231. The Labute approximate surface area is 108 Å². The molecule has 0 aromatic rings. The van der Waals surface area contributed by atoms with Crippen LogP contribution in [0.4, 0.5) is 0 Å². The van der Waals surface area contributed by atoms with Crippen LogP contribution in [-0.2, 0) is 19.0 Å². The highest BCUT2D eigenvalue weighted by atomic mass is 16.6. The van der Waals surface area contributed by atoms with E-state index in [9.17, 15) is 9.90 Å². The minimum Gasteiger partial charge on any atom is -0.464 e. The Morgan fingerprint density at radius 2 is 2.17 bits per heavy atom. The van der Waals surface area contributed by atoms with Crippen LogP contribution in [0.15, 0.2) is 0 Å². The first kappa shape index (κ1) is 15.4. The Hall–Kier alpha value is -0.690. The van der Waals surface area contributed by atoms with E-state index >= 15 is 0 Å². The molecule has 0 spiro atoms. The van der Waals surface area contributed by atoms with Crippen molar-refractivity contribution < 1.29 is 24.1 Å². The highest BCUT2D eigenvalue weighted by Gasteiger charge is 2.30. The molecule has 0 aromatic heterocycles. The van der Waals surface area contributed by atoms with Crippen LogP contribution < -0.4 is 5.32 Å². The van der Waals surface area contributed by atoms with E-state index in [2.05, 4.69) is 5.32 Å². The summed E-state index contributed by atoms with van der Waals surface area (Å²) < 4.78 is 15.2. The summed E-state index contributed by atoms with van der Waals surface area (Å²) in [5, 5.41) is 12.7. The molecule has 1 fully saturated rings. The topological polar surface area (TPSA) is 77.0 Å². The molecule has 18 heavy (non-hydrogen) atoms. The fraction of sp³-hybridized carbons (Fsp3) is 0.917. The molecule has 2 N–H and O–H groups in total. The first-order valence-electron chi connectivity index (χ1n) is 6.39. The largest absolute Gasteiger partial charge is 0.464 e. The van der Waals surface area contributed by atoms with E-state index in [0.29, 0.717) is 33.0 Å². The van der Waals surface area contributed by atoms with Crippen molar-refractivity contribution in [3.8, 4) is 0 Å². The maximum absolute atomic E-state index is 11.0. The summed E-state index contributed by atoms with van der Waals surface area (Å²) in [6, 6.07) is 0. The second kappa shape index (κ2) is 8.42. The Kier molecular flexibility index (Phi) is 7.19. The van der Waals surface area contributed by atoms with Gasteiger partial charge in [-0.3, -0.25) is 0 Å². The number of esters is 1. The Balaban J connectivity index is 2.10. The molecule has 1 heterocycles. The van der Waals surface area contributed by atoms with Crippen LogP contribution in [0.3, 0.4) is 0 Å². The lowest BCUT2D eigenvalue weighted by atomic mass is 9.91. The molecule has 0 aromatic carbocycles. The van der Waals surface area contributed by atoms with E-state index in [1.807, 2.05) is 0 Å². The first-order valence-corrected chi connectivity index (χ1v) is 6.39. The number of nitrogens with one attached hydrogen (secondary N) is 1. The van der Waals surface area contributed by atoms with Gasteiger partial charge in [0, 0.05) is 25.3 Å². The lowest BCUT2D eigenvalue weighted by molar-refractivity contribution is -0.148. The van der Waals surface area contributed by atoms with Gasteiger partial charge in [-0.2, -0.15) is 0 Å². The summed E-state index contributed by atoms with van der Waals surface area (Å²) in [6.07, 6.45) is 1.59. The van der Waals surface area contributed by atoms with E-state index < -0.39 is 0 Å². The van der Waals surface area contributed by atoms with Crippen LogP contribution in [0.2, 0.25) is 0 Å². The molecule has 1 aliphatic heterocycles. The summed E-state index contributed by atoms with van der Waals surface area (Å²) in [4.78, 5) is 11.0. The van der Waals surface area contributed by atoms with Gasteiger partial charge in [0.2, 0.25) is 0 Å². The molecule has 1 aliphatic rings. The van der Waals surface area contributed by atoms with Gasteiger partial charge in [-0.25, -0.2) is 4.79 Å². The zero-order chi connectivity index (χ0) is 13.3. The summed E-state index contributed by atoms with van der Waals surface area (Å²) in [5.74, 6) is -0.347. The molecule has 6 nitrogen and oxygen atoms in total. The maximum Gasteiger partial charge on any atom is 0.332 e. The van der Waals surface area contributed by atoms with Crippen molar-refractivity contribution in [2.45, 2.75) is 25.3 Å². The second-order valence-electron chi connectivity index (χ2n) is 4.34. The Morgan fingerprint density at radius 3 is 2.78 bits per heavy atom. The molecule has 6 heteroatoms. The van der Waals surface area contributed by atoms with Crippen LogP contribution in [0.25, 0.3) is 0 Å². The van der Waals surface area contributed by atoms with Gasteiger partial charge < -0.3 is 24.6 Å². The summed E-state index contributed by atoms with van der Waals surface area (Å²) in [5.41, 5.74) is -0.258. The van der Waals surface area contributed by atoms with Gasteiger partial charge in [-0.05, 0) is 19.8 Å². The van der Waals surface area contributed by atoms with Crippen LogP contribution in [-0.4, -0.2) is 62.8 Å². The molecule has 1 saturated heterocycles. The van der Waals surface area contributed by atoms with Gasteiger partial charge in [0.25, 0.3) is 0 Å². The molecule has 0 bridgehead atoms. The standard InChI is InChI=1S/C12H23NO5/c1-2-18-11(15)9-17-8-5-13-12(10-14)3-6-16-7-4-12/h13-14H,2-10H2,1H3. The smallest absolute Gasteiger partial charge is 0.332 e. The van der Waals surface area contributed by atoms with E-state index in [4.69, 9.17) is 14.2 Å². The zero-order valence-electron chi connectivity index (χ0n) is 10.9. The highest BCUT2D eigenvalue weighted by molar-refractivity contribution is 5.70. The monoisotopic (exact) mass is 261 g/mol. The first-order chi connectivity index (χ1) is 8.72. The van der Waals surface area contributed by atoms with Crippen molar-refractivity contribution in [2.75, 3.05) is 46.2 Å². The fourth-order valence-electron chi connectivity index (χ4n) is 1.90. The zero-order valence-corrected chi connectivity index (χ0v) is 10.9. The minimum atomic E-state index is -0.347. The van der Waals surface area contributed by atoms with Crippen molar-refractivity contribution in [1.29, 1.82) is 0 Å². The maximum atomic E-state index is 11.0. The SMILES string of the molecule is CCOC(=O)COCCNC1(CO)CCOCC1. The van der Waals surface area contributed by atoms with Crippen LogP contribution in [0.5, 0.6) is 0 Å². The third kappa shape index (κ3) is 5.30. The van der Waals surface area contributed by atoms with Gasteiger partial charge in [0.15, 0.2) is 0 Å². The van der Waals surface area contributed by atoms with Crippen LogP contribution in [0.1, 0.15) is 19.8 Å². The fourth-order valence-corrected chi connectivity index (χ4v) is 1.90. The Bertz CT molecular complexity index is 241. The highest BCUT2D eigenvalue weighted by Crippen LogP contribution is 2.19. The molecule has 1 rings (SSSR count). The number of hydrogen-bond donors (Lipinski definition) is 2. The quantitative estimate of drug-likeness (QED) is 0.461. The van der Waals surface area contributed by atoms with E-state index in [-0.39, 0.29) is 24.7 Å². The molecule has 0 atom stereocenters. The van der Waals surface area contributed by atoms with E-state index in [1.54, 1.807) is 6.92 Å². The average molecular weight is 261 g/mol. The molecule has 0 radical (unpaired) electrons. The molecular formula is C12H23NO5. The van der Waals surface area contributed by atoms with Crippen molar-refractivity contribution >= 4 is 5.97 Å². The van der Waals surface area contributed by atoms with Crippen molar-refractivity contribution in [3.05, 3.63) is 0 Å². The lowest BCUT2D eigenvalue weighted by Gasteiger charge is -2.36. The van der Waals surface area contributed by atoms with Gasteiger partial charge in [0.05, 0.1) is 19.8 Å². The molecule has 0 aliphatic carbocycles. The predicted molar refractivity (Wildman–Crippen MR) is 65.3 cm³/mol. The normalized spacial score (nSPS) is 18.6. The third-order valence-electron chi connectivity index (χ3n) is 3.02. The number of aliphatic hydroxyl groups is 1. The summed E-state index contributed by atoms with van der Waals surface area (Å²) in [7, 11) is 0. The molecule has 106 valence electrons. The number of hydrogen-bond acceptors (Lipinski definition) is 6. The third-order valence-corrected chi connectivity index (χ3v) is 3.02. The van der Waals surface area contributed by atoms with Crippen LogP contribution >= 0.6 is 0 Å². The van der Waals surface area contributed by atoms with E-state index in [1.165, 1.54) is 0 Å². The van der Waals surface area contributed by atoms with Gasteiger partial charge >= 0.3 is 5.97 Å².